The summed E-state index contributed by atoms with van der Waals surface area (Å²) in [5.74, 6) is 2.40. The van der Waals surface area contributed by atoms with Gasteiger partial charge in [0.15, 0.2) is 0 Å². The van der Waals surface area contributed by atoms with Crippen molar-refractivity contribution in [3.63, 3.8) is 0 Å². The molecule has 1 radical (unpaired) electrons. The van der Waals surface area contributed by atoms with E-state index in [9.17, 15) is 9.59 Å². The van der Waals surface area contributed by atoms with Gasteiger partial charge < -0.3 is 14.2 Å². The number of methoxy groups -OCH3 is 2. The molecule has 0 spiro atoms. The number of ether oxygens (including phenoxy) is 3. The largest absolute Gasteiger partial charge is 0.496 e. The van der Waals surface area contributed by atoms with E-state index in [1.54, 1.807) is 14.2 Å². The van der Waals surface area contributed by atoms with Gasteiger partial charge in [0.25, 0.3) is 5.24 Å². The maximum absolute atomic E-state index is 11.7. The first-order valence-corrected chi connectivity index (χ1v) is 11.2. The number of carbonyl (C=O) groups is 2. The zero-order valence-electron chi connectivity index (χ0n) is 19.7. The summed E-state index contributed by atoms with van der Waals surface area (Å²) in [6.07, 6.45) is 2.19. The first-order valence-electron chi connectivity index (χ1n) is 10.3. The van der Waals surface area contributed by atoms with Crippen LogP contribution in [0.3, 0.4) is 0 Å². The average molecular weight is 467 g/mol. The number of thioether (sulfide) groups is 1. The van der Waals surface area contributed by atoms with Crippen LogP contribution in [0.4, 0.5) is 4.79 Å². The van der Waals surface area contributed by atoms with E-state index in [-0.39, 0.29) is 46.0 Å². The quantitative estimate of drug-likeness (QED) is 0.442. The third-order valence-electron chi connectivity index (χ3n) is 5.67. The maximum atomic E-state index is 11.7. The molecule has 167 valence electrons. The molecule has 3 rings (SSSR count). The molecule has 2 amide bonds. The summed E-state index contributed by atoms with van der Waals surface area (Å²) in [5, 5.41) is 1.69. The fourth-order valence-electron chi connectivity index (χ4n) is 3.94. The minimum atomic E-state index is -0.354. The van der Waals surface area contributed by atoms with Crippen molar-refractivity contribution >= 4 is 52.5 Å². The average Bonchev–Trinajstić information content (AvgIpc) is 3.07. The molecule has 8 heteroatoms. The Bertz CT molecular complexity index is 978. The summed E-state index contributed by atoms with van der Waals surface area (Å²) < 4.78 is 17.2. The minimum absolute atomic E-state index is 0. The SMILES string of the molecule is COc1c(C)c(C)c(OC)c(CCCOc2ccc(CC3SC(=O)NC3=O)cc2)c1C.[Na]. The van der Waals surface area contributed by atoms with Crippen LogP contribution in [-0.4, -0.2) is 66.8 Å². The summed E-state index contributed by atoms with van der Waals surface area (Å²) in [4.78, 5) is 23.0. The molecular formula is C24H29NNaO5S. The predicted molar refractivity (Wildman–Crippen MR) is 128 cm³/mol. The molecule has 1 saturated heterocycles. The molecule has 1 fully saturated rings. The second-order valence-corrected chi connectivity index (χ2v) is 8.78. The Morgan fingerprint density at radius 1 is 0.938 bits per heavy atom. The third kappa shape index (κ3) is 6.01. The molecule has 6 nitrogen and oxygen atoms in total. The van der Waals surface area contributed by atoms with Crippen molar-refractivity contribution < 1.29 is 23.8 Å². The number of benzene rings is 2. The molecule has 0 aromatic heterocycles. The van der Waals surface area contributed by atoms with Crippen LogP contribution in [0.2, 0.25) is 0 Å². The molecule has 1 unspecified atom stereocenters. The smallest absolute Gasteiger partial charge is 0.286 e. The first kappa shape index (κ1) is 26.6. The number of rotatable bonds is 9. The van der Waals surface area contributed by atoms with Crippen molar-refractivity contribution in [2.24, 2.45) is 0 Å². The number of carbonyl (C=O) groups excluding carboxylic acids is 2. The Hall–Kier alpha value is -1.67. The zero-order chi connectivity index (χ0) is 22.5. The van der Waals surface area contributed by atoms with E-state index in [4.69, 9.17) is 14.2 Å². The molecule has 1 heterocycles. The molecule has 32 heavy (non-hydrogen) atoms. The summed E-state index contributed by atoms with van der Waals surface area (Å²) in [5.41, 5.74) is 5.47. The standard InChI is InChI=1S/C24H29NO5S.Na/c1-14-15(2)22(29-5)19(16(3)21(14)28-4)7-6-12-30-18-10-8-17(9-11-18)13-20-23(26)25-24(27)31-20;/h8-11,20H,6-7,12-13H2,1-5H3,(H,25,26,27);. The maximum Gasteiger partial charge on any atom is 0.286 e. The van der Waals surface area contributed by atoms with Crippen molar-refractivity contribution in [3.05, 3.63) is 52.1 Å². The van der Waals surface area contributed by atoms with Crippen LogP contribution in [0.5, 0.6) is 17.2 Å². The van der Waals surface area contributed by atoms with E-state index in [1.807, 2.05) is 24.3 Å². The summed E-state index contributed by atoms with van der Waals surface area (Å²) in [7, 11) is 3.41. The predicted octanol–water partition coefficient (Wildman–Crippen LogP) is 4.15. The van der Waals surface area contributed by atoms with Gasteiger partial charge in [0.05, 0.1) is 26.1 Å². The van der Waals surface area contributed by atoms with E-state index in [0.29, 0.717) is 13.0 Å². The Balaban J connectivity index is 0.00000363. The normalized spacial score (nSPS) is 15.2. The van der Waals surface area contributed by atoms with E-state index in [1.165, 1.54) is 0 Å². The fourth-order valence-corrected chi connectivity index (χ4v) is 4.80. The molecule has 1 aliphatic heterocycles. The molecular weight excluding hydrogens is 437 g/mol. The number of nitrogens with one attached hydrogen (secondary N) is 1. The van der Waals surface area contributed by atoms with E-state index >= 15 is 0 Å². The van der Waals surface area contributed by atoms with E-state index in [0.717, 1.165) is 69.7 Å². The van der Waals surface area contributed by atoms with Gasteiger partial charge in [0, 0.05) is 35.1 Å². The van der Waals surface area contributed by atoms with Gasteiger partial charge in [-0.05, 0) is 74.4 Å². The van der Waals surface area contributed by atoms with Gasteiger partial charge in [-0.15, -0.1) is 0 Å². The van der Waals surface area contributed by atoms with Crippen molar-refractivity contribution in [1.82, 2.24) is 5.32 Å². The number of hydrogen-bond acceptors (Lipinski definition) is 6. The molecule has 0 aliphatic carbocycles. The number of amides is 2. The van der Waals surface area contributed by atoms with Crippen LogP contribution in [0.25, 0.3) is 0 Å². The van der Waals surface area contributed by atoms with Gasteiger partial charge in [0.2, 0.25) is 5.91 Å². The van der Waals surface area contributed by atoms with Gasteiger partial charge in [0.1, 0.15) is 17.2 Å². The number of imide groups is 1. The van der Waals surface area contributed by atoms with Crippen LogP contribution >= 0.6 is 11.8 Å². The van der Waals surface area contributed by atoms with Crippen molar-refractivity contribution in [1.29, 1.82) is 0 Å². The van der Waals surface area contributed by atoms with Gasteiger partial charge in [-0.1, -0.05) is 23.9 Å². The Morgan fingerprint density at radius 3 is 2.12 bits per heavy atom. The fraction of sp³-hybridized carbons (Fsp3) is 0.417. The van der Waals surface area contributed by atoms with Gasteiger partial charge in [-0.3, -0.25) is 14.9 Å². The van der Waals surface area contributed by atoms with Crippen molar-refractivity contribution in [3.8, 4) is 17.2 Å². The molecule has 1 N–H and O–H groups in total. The first-order chi connectivity index (χ1) is 14.8. The second kappa shape index (κ2) is 12.0. The zero-order valence-corrected chi connectivity index (χ0v) is 22.5. The summed E-state index contributed by atoms with van der Waals surface area (Å²) >= 11 is 1.05. The van der Waals surface area contributed by atoms with Gasteiger partial charge in [-0.2, -0.15) is 0 Å². The molecule has 0 bridgehead atoms. The topological polar surface area (TPSA) is 73.9 Å². The Kier molecular flexibility index (Phi) is 9.95. The summed E-state index contributed by atoms with van der Waals surface area (Å²) in [6, 6.07) is 7.68. The molecule has 0 saturated carbocycles. The van der Waals surface area contributed by atoms with Gasteiger partial charge in [-0.25, -0.2) is 0 Å². The Labute approximate surface area is 216 Å². The molecule has 1 aliphatic rings. The summed E-state index contributed by atoms with van der Waals surface area (Å²) in [6.45, 7) is 6.75. The van der Waals surface area contributed by atoms with Crippen LogP contribution in [0, 0.1) is 20.8 Å². The second-order valence-electron chi connectivity index (χ2n) is 7.60. The van der Waals surface area contributed by atoms with E-state index in [2.05, 4.69) is 26.1 Å². The molecule has 2 aromatic carbocycles. The van der Waals surface area contributed by atoms with Crippen LogP contribution < -0.4 is 19.5 Å². The van der Waals surface area contributed by atoms with Crippen LogP contribution in [-0.2, 0) is 17.6 Å². The van der Waals surface area contributed by atoms with E-state index < -0.39 is 0 Å². The number of hydrogen-bond donors (Lipinski definition) is 1. The van der Waals surface area contributed by atoms with Crippen LogP contribution in [0.1, 0.15) is 34.2 Å². The minimum Gasteiger partial charge on any atom is -0.496 e. The third-order valence-corrected chi connectivity index (χ3v) is 6.65. The Morgan fingerprint density at radius 2 is 1.56 bits per heavy atom. The molecule has 1 atom stereocenters. The molecule has 2 aromatic rings. The van der Waals surface area contributed by atoms with Gasteiger partial charge >= 0.3 is 0 Å². The van der Waals surface area contributed by atoms with Crippen molar-refractivity contribution in [2.75, 3.05) is 20.8 Å². The van der Waals surface area contributed by atoms with Crippen molar-refractivity contribution in [2.45, 2.75) is 45.3 Å². The monoisotopic (exact) mass is 466 g/mol. The van der Waals surface area contributed by atoms with Crippen LogP contribution in [0.15, 0.2) is 24.3 Å².